The van der Waals surface area contributed by atoms with E-state index in [0.29, 0.717) is 17.7 Å². The third-order valence-electron chi connectivity index (χ3n) is 2.33. The van der Waals surface area contributed by atoms with E-state index in [1.807, 2.05) is 0 Å². The lowest BCUT2D eigenvalue weighted by atomic mass is 10.1. The van der Waals surface area contributed by atoms with Gasteiger partial charge in [0.15, 0.2) is 5.78 Å². The zero-order chi connectivity index (χ0) is 11.5. The molecule has 2 rings (SSSR count). The van der Waals surface area contributed by atoms with E-state index in [9.17, 15) is 9.18 Å². The second kappa shape index (κ2) is 4.26. The highest BCUT2D eigenvalue weighted by Gasteiger charge is 2.07. The molecule has 2 aromatic rings. The number of halogens is 1. The van der Waals surface area contributed by atoms with Crippen LogP contribution >= 0.6 is 0 Å². The molecule has 1 N–H and O–H groups in total. The zero-order valence-electron chi connectivity index (χ0n) is 8.83. The van der Waals surface area contributed by atoms with E-state index < -0.39 is 0 Å². The third kappa shape index (κ3) is 2.16. The van der Waals surface area contributed by atoms with Crippen LogP contribution in [0.5, 0.6) is 0 Å². The molecule has 4 heteroatoms. The van der Waals surface area contributed by atoms with E-state index in [2.05, 4.69) is 10.2 Å². The SMILES string of the molecule is CC(=O)c1cc(Cc2ccccc2F)[nH]n1. The molecular formula is C12H11FN2O. The lowest BCUT2D eigenvalue weighted by molar-refractivity contribution is 0.101. The Morgan fingerprint density at radius 1 is 1.44 bits per heavy atom. The maximum Gasteiger partial charge on any atom is 0.179 e. The molecule has 1 heterocycles. The van der Waals surface area contributed by atoms with Crippen molar-refractivity contribution < 1.29 is 9.18 Å². The fourth-order valence-corrected chi connectivity index (χ4v) is 1.48. The highest BCUT2D eigenvalue weighted by molar-refractivity contribution is 5.92. The maximum atomic E-state index is 13.3. The van der Waals surface area contributed by atoms with Crippen LogP contribution in [0.15, 0.2) is 30.3 Å². The molecule has 0 bridgehead atoms. The van der Waals surface area contributed by atoms with Crippen molar-refractivity contribution in [1.82, 2.24) is 10.2 Å². The van der Waals surface area contributed by atoms with Crippen LogP contribution in [-0.2, 0) is 6.42 Å². The molecule has 0 aliphatic carbocycles. The van der Waals surface area contributed by atoms with Crippen molar-refractivity contribution in [2.24, 2.45) is 0 Å². The Bertz CT molecular complexity index is 519. The second-order valence-corrected chi connectivity index (χ2v) is 3.60. The van der Waals surface area contributed by atoms with Crippen LogP contribution in [0.2, 0.25) is 0 Å². The van der Waals surface area contributed by atoms with E-state index in [0.717, 1.165) is 5.69 Å². The van der Waals surface area contributed by atoms with Crippen molar-refractivity contribution in [1.29, 1.82) is 0 Å². The van der Waals surface area contributed by atoms with Crippen LogP contribution in [0.25, 0.3) is 0 Å². The van der Waals surface area contributed by atoms with Crippen LogP contribution in [-0.4, -0.2) is 16.0 Å². The molecule has 16 heavy (non-hydrogen) atoms. The van der Waals surface area contributed by atoms with E-state index >= 15 is 0 Å². The van der Waals surface area contributed by atoms with Crippen molar-refractivity contribution in [3.05, 3.63) is 53.1 Å². The van der Waals surface area contributed by atoms with Gasteiger partial charge in [0.2, 0.25) is 0 Å². The average molecular weight is 218 g/mol. The lowest BCUT2D eigenvalue weighted by Gasteiger charge is -1.99. The first-order valence-corrected chi connectivity index (χ1v) is 4.95. The topological polar surface area (TPSA) is 45.8 Å². The van der Waals surface area contributed by atoms with Crippen LogP contribution in [0.4, 0.5) is 4.39 Å². The van der Waals surface area contributed by atoms with Gasteiger partial charge in [-0.2, -0.15) is 5.10 Å². The van der Waals surface area contributed by atoms with E-state index in [1.165, 1.54) is 13.0 Å². The summed E-state index contributed by atoms with van der Waals surface area (Å²) in [6.07, 6.45) is 0.410. The fraction of sp³-hybridized carbons (Fsp3) is 0.167. The van der Waals surface area contributed by atoms with Gasteiger partial charge in [0.1, 0.15) is 11.5 Å². The smallest absolute Gasteiger partial charge is 0.179 e. The Morgan fingerprint density at radius 3 is 2.81 bits per heavy atom. The summed E-state index contributed by atoms with van der Waals surface area (Å²) in [5.74, 6) is -0.350. The van der Waals surface area contributed by atoms with Crippen molar-refractivity contribution in [2.45, 2.75) is 13.3 Å². The van der Waals surface area contributed by atoms with Gasteiger partial charge in [-0.15, -0.1) is 0 Å². The number of carbonyl (C=O) groups is 1. The third-order valence-corrected chi connectivity index (χ3v) is 2.33. The average Bonchev–Trinajstić information content (AvgIpc) is 2.70. The molecular weight excluding hydrogens is 207 g/mol. The monoisotopic (exact) mass is 218 g/mol. The van der Waals surface area contributed by atoms with Crippen molar-refractivity contribution in [3.63, 3.8) is 0 Å². The molecule has 3 nitrogen and oxygen atoms in total. The van der Waals surface area contributed by atoms with Crippen molar-refractivity contribution >= 4 is 5.78 Å². The largest absolute Gasteiger partial charge is 0.293 e. The van der Waals surface area contributed by atoms with Gasteiger partial charge in [0, 0.05) is 19.0 Å². The first kappa shape index (κ1) is 10.5. The highest BCUT2D eigenvalue weighted by Crippen LogP contribution is 2.12. The van der Waals surface area contributed by atoms with Gasteiger partial charge in [0.05, 0.1) is 0 Å². The van der Waals surface area contributed by atoms with Crippen LogP contribution in [0.1, 0.15) is 28.7 Å². The molecule has 0 radical (unpaired) electrons. The van der Waals surface area contributed by atoms with Gasteiger partial charge < -0.3 is 0 Å². The Morgan fingerprint density at radius 2 is 2.19 bits per heavy atom. The second-order valence-electron chi connectivity index (χ2n) is 3.60. The summed E-state index contributed by atoms with van der Waals surface area (Å²) in [4.78, 5) is 11.0. The summed E-state index contributed by atoms with van der Waals surface area (Å²) in [5.41, 5.74) is 1.70. The zero-order valence-corrected chi connectivity index (χ0v) is 8.83. The number of nitrogens with zero attached hydrogens (tertiary/aromatic N) is 1. The number of rotatable bonds is 3. The number of H-pyrrole nitrogens is 1. The molecule has 0 saturated heterocycles. The molecule has 0 saturated carbocycles. The number of nitrogens with one attached hydrogen (secondary N) is 1. The van der Waals surface area contributed by atoms with Crippen molar-refractivity contribution in [3.8, 4) is 0 Å². The summed E-state index contributed by atoms with van der Waals surface area (Å²) in [7, 11) is 0. The van der Waals surface area contributed by atoms with Gasteiger partial charge in [0.25, 0.3) is 0 Å². The summed E-state index contributed by atoms with van der Waals surface area (Å²) in [5, 5.41) is 6.57. The molecule has 0 unspecified atom stereocenters. The van der Waals surface area contributed by atoms with Gasteiger partial charge >= 0.3 is 0 Å². The minimum absolute atomic E-state index is 0.101. The van der Waals surface area contributed by atoms with Crippen LogP contribution in [0, 0.1) is 5.82 Å². The number of aromatic nitrogens is 2. The number of aromatic amines is 1. The quantitative estimate of drug-likeness (QED) is 0.804. The molecule has 1 aromatic heterocycles. The number of hydrogen-bond donors (Lipinski definition) is 1. The molecule has 0 aliphatic rings. The van der Waals surface area contributed by atoms with E-state index in [4.69, 9.17) is 0 Å². The highest BCUT2D eigenvalue weighted by atomic mass is 19.1. The summed E-state index contributed by atoms with van der Waals surface area (Å²) in [6, 6.07) is 8.20. The number of ketones is 1. The molecule has 0 fully saturated rings. The maximum absolute atomic E-state index is 13.3. The predicted molar refractivity (Wildman–Crippen MR) is 57.8 cm³/mol. The minimum atomic E-state index is -0.249. The van der Waals surface area contributed by atoms with Gasteiger partial charge in [-0.3, -0.25) is 9.89 Å². The molecule has 0 amide bonds. The number of carbonyl (C=O) groups excluding carboxylic acids is 1. The summed E-state index contributed by atoms with van der Waals surface area (Å²) >= 11 is 0. The molecule has 82 valence electrons. The number of Topliss-reactive ketones (excluding diaryl/α,β-unsaturated/α-hetero) is 1. The molecule has 0 aliphatic heterocycles. The predicted octanol–water partition coefficient (Wildman–Crippen LogP) is 2.34. The minimum Gasteiger partial charge on any atom is -0.293 e. The Labute approximate surface area is 92.3 Å². The first-order chi connectivity index (χ1) is 7.66. The Balaban J connectivity index is 2.21. The Hall–Kier alpha value is -1.97. The lowest BCUT2D eigenvalue weighted by Crippen LogP contribution is -1.92. The van der Waals surface area contributed by atoms with Crippen molar-refractivity contribution in [2.75, 3.05) is 0 Å². The van der Waals surface area contributed by atoms with Gasteiger partial charge in [-0.05, 0) is 17.7 Å². The summed E-state index contributed by atoms with van der Waals surface area (Å²) in [6.45, 7) is 1.45. The Kier molecular flexibility index (Phi) is 2.81. The summed E-state index contributed by atoms with van der Waals surface area (Å²) < 4.78 is 13.3. The normalized spacial score (nSPS) is 10.4. The van der Waals surface area contributed by atoms with E-state index in [1.54, 1.807) is 24.3 Å². The number of hydrogen-bond acceptors (Lipinski definition) is 2. The first-order valence-electron chi connectivity index (χ1n) is 4.95. The standard InChI is InChI=1S/C12H11FN2O/c1-8(16)12-7-10(14-15-12)6-9-4-2-3-5-11(9)13/h2-5,7H,6H2,1H3,(H,14,15). The van der Waals surface area contributed by atoms with Gasteiger partial charge in [-0.25, -0.2) is 4.39 Å². The molecule has 1 aromatic carbocycles. The van der Waals surface area contributed by atoms with Crippen LogP contribution < -0.4 is 0 Å². The number of benzene rings is 1. The van der Waals surface area contributed by atoms with E-state index in [-0.39, 0.29) is 11.6 Å². The van der Waals surface area contributed by atoms with Crippen LogP contribution in [0.3, 0.4) is 0 Å². The fourth-order valence-electron chi connectivity index (χ4n) is 1.48. The van der Waals surface area contributed by atoms with Gasteiger partial charge in [-0.1, -0.05) is 18.2 Å². The molecule has 0 spiro atoms. The molecule has 0 atom stereocenters.